The molecule has 5 saturated carbocycles. The van der Waals surface area contributed by atoms with Crippen LogP contribution < -0.4 is 0 Å². The van der Waals surface area contributed by atoms with E-state index in [0.29, 0.717) is 42.2 Å². The SMILES string of the molecule is C=C(C)C(=O)OC(C)(C(C)C)C(C)C.C=C(C)C(=O)OC1(C(C)(C)C)CCCC1.C=C(C)C(=O)OCC(=O)OC1C2CC3C1OC(=O)C3(C#N)C2.C=C(C)C(=O)OCC(=O)OC1C2CC3C1OC(=O)C3C2C(=O)OC. The number of nitrogens with zero attached hydrogens (tertiary/aromatic N) is 1. The van der Waals surface area contributed by atoms with Crippen LogP contribution in [0.5, 0.6) is 0 Å². The summed E-state index contributed by atoms with van der Waals surface area (Å²) in [5, 5.41) is 9.28. The van der Waals surface area contributed by atoms with E-state index < -0.39 is 102 Å². The summed E-state index contributed by atoms with van der Waals surface area (Å²) in [5.41, 5.74) is -0.432. The quantitative estimate of drug-likeness (QED) is 0.0897. The van der Waals surface area contributed by atoms with Crippen LogP contribution >= 0.6 is 0 Å². The molecule has 0 aromatic rings. The molecule has 4 bridgehead atoms. The molecule has 2 aliphatic heterocycles. The second kappa shape index (κ2) is 24.1. The molecule has 5 aliphatic carbocycles. The molecule has 7 fully saturated rings. The fourth-order valence-corrected chi connectivity index (χ4v) is 11.2. The summed E-state index contributed by atoms with van der Waals surface area (Å²) in [6, 6.07) is 2.08. The summed E-state index contributed by atoms with van der Waals surface area (Å²) in [6.07, 6.45) is 3.42. The van der Waals surface area contributed by atoms with Crippen LogP contribution in [0.2, 0.25) is 0 Å². The Kier molecular flexibility index (Phi) is 19.7. The average molecular weight is 1050 g/mol. The lowest BCUT2D eigenvalue weighted by molar-refractivity contribution is -0.171. The Morgan fingerprint density at radius 2 is 1.20 bits per heavy atom. The molecule has 0 spiro atoms. The van der Waals surface area contributed by atoms with Crippen molar-refractivity contribution in [2.45, 2.75) is 164 Å². The first-order valence-electron chi connectivity index (χ1n) is 25.5. The minimum absolute atomic E-state index is 0.00854. The van der Waals surface area contributed by atoms with Crippen LogP contribution in [0.1, 0.15) is 128 Å². The molecule has 414 valence electrons. The largest absolute Gasteiger partial charge is 0.469 e. The summed E-state index contributed by atoms with van der Waals surface area (Å²) in [7, 11) is 1.25. The normalized spacial score (nSPS) is 28.5. The standard InChI is InChI=1S/C16H18O8.C15H15NO6.C13H22O2.C12H22O2/c1-6(2)14(18)22-5-9(17)23-12-7-4-8-11(10(7)15(19)21-3)16(20)24-13(8)12;1-7(2)13(18)20-5-10(17)21-11-8-3-9-12(11)22-14(19)15(9,4-8)6-16;1-10(2)11(14)15-13(12(3,4)5)8-6-7-9-13;1-8(2)11(13)14-12(7,9(3)4)10(5)6/h7-8,10-13H,1,4-5H2,2-3H3;8-9,11-12H,1,3-5H2,2H3;1,6-9H2,2-5H3;9-10H,1H2,2-7H3. The van der Waals surface area contributed by atoms with Gasteiger partial charge < -0.3 is 42.6 Å². The van der Waals surface area contributed by atoms with Crippen LogP contribution in [-0.4, -0.2) is 110 Å². The third-order valence-electron chi connectivity index (χ3n) is 16.0. The highest BCUT2D eigenvalue weighted by molar-refractivity contribution is 5.90. The lowest BCUT2D eigenvalue weighted by Crippen LogP contribution is -2.44. The summed E-state index contributed by atoms with van der Waals surface area (Å²) in [6.45, 7) is 35.9. The van der Waals surface area contributed by atoms with Crippen molar-refractivity contribution in [3.05, 3.63) is 48.6 Å². The highest BCUT2D eigenvalue weighted by Gasteiger charge is 2.73. The van der Waals surface area contributed by atoms with Gasteiger partial charge in [-0.15, -0.1) is 0 Å². The van der Waals surface area contributed by atoms with E-state index >= 15 is 0 Å². The summed E-state index contributed by atoms with van der Waals surface area (Å²) in [4.78, 5) is 105. The van der Waals surface area contributed by atoms with E-state index in [4.69, 9.17) is 42.6 Å². The highest BCUT2D eigenvalue weighted by Crippen LogP contribution is 2.62. The molecular weight excluding hydrogens is 975 g/mol. The Labute approximate surface area is 440 Å². The van der Waals surface area contributed by atoms with E-state index in [1.807, 2.05) is 6.92 Å². The molecule has 2 saturated heterocycles. The van der Waals surface area contributed by atoms with E-state index in [0.717, 1.165) is 25.7 Å². The van der Waals surface area contributed by atoms with E-state index in [-0.39, 0.29) is 57.8 Å². The molecule has 75 heavy (non-hydrogen) atoms. The van der Waals surface area contributed by atoms with Gasteiger partial charge in [0, 0.05) is 51.4 Å². The second-order valence-electron chi connectivity index (χ2n) is 22.7. The summed E-state index contributed by atoms with van der Waals surface area (Å²) >= 11 is 0. The number of nitriles is 1. The number of ether oxygens (including phenoxy) is 9. The van der Waals surface area contributed by atoms with Gasteiger partial charge in [-0.25, -0.2) is 28.8 Å². The van der Waals surface area contributed by atoms with Crippen molar-refractivity contribution in [2.24, 2.45) is 58.2 Å². The monoisotopic (exact) mass is 1050 g/mol. The van der Waals surface area contributed by atoms with Gasteiger partial charge in [-0.1, -0.05) is 74.8 Å². The highest BCUT2D eigenvalue weighted by atomic mass is 16.6. The zero-order valence-corrected chi connectivity index (χ0v) is 45.9. The molecule has 0 aromatic carbocycles. The number of esters is 9. The van der Waals surface area contributed by atoms with Crippen LogP contribution in [-0.2, 0) is 85.8 Å². The zero-order chi connectivity index (χ0) is 56.9. The number of carbonyl (C=O) groups excluding carboxylic acids is 9. The average Bonchev–Trinajstić information content (AvgIpc) is 4.20. The summed E-state index contributed by atoms with van der Waals surface area (Å²) < 4.78 is 46.6. The Hall–Kier alpha value is -6.32. The molecule has 19 heteroatoms. The molecule has 11 unspecified atom stereocenters. The maximum Gasteiger partial charge on any atom is 0.344 e. The lowest BCUT2D eigenvalue weighted by Gasteiger charge is -2.41. The molecule has 0 aromatic heterocycles. The minimum Gasteiger partial charge on any atom is -0.469 e. The smallest absolute Gasteiger partial charge is 0.344 e. The first-order valence-corrected chi connectivity index (χ1v) is 25.5. The molecule has 7 aliphatic rings. The van der Waals surface area contributed by atoms with Crippen LogP contribution in [0.4, 0.5) is 0 Å². The molecule has 0 N–H and O–H groups in total. The Bertz CT molecular complexity index is 2350. The van der Waals surface area contributed by atoms with Gasteiger partial charge in [-0.05, 0) is 91.4 Å². The molecule has 19 nitrogen and oxygen atoms in total. The maximum absolute atomic E-state index is 12.0. The van der Waals surface area contributed by atoms with Gasteiger partial charge in [0.15, 0.2) is 18.6 Å². The van der Waals surface area contributed by atoms with Crippen molar-refractivity contribution >= 4 is 53.7 Å². The Morgan fingerprint density at radius 1 is 0.707 bits per heavy atom. The topological polar surface area (TPSA) is 260 Å². The number of carbonyl (C=O) groups is 9. The van der Waals surface area contributed by atoms with Gasteiger partial charge in [0.2, 0.25) is 0 Å². The molecule has 11 atom stereocenters. The van der Waals surface area contributed by atoms with Gasteiger partial charge in [0.05, 0.1) is 25.0 Å². The second-order valence-corrected chi connectivity index (χ2v) is 22.7. The van der Waals surface area contributed by atoms with Gasteiger partial charge in [-0.2, -0.15) is 5.26 Å². The molecule has 0 radical (unpaired) electrons. The van der Waals surface area contributed by atoms with E-state index in [2.05, 4.69) is 80.9 Å². The first kappa shape index (κ1) is 61.2. The van der Waals surface area contributed by atoms with Gasteiger partial charge in [0.25, 0.3) is 0 Å². The first-order chi connectivity index (χ1) is 34.7. The predicted octanol–water partition coefficient (Wildman–Crippen LogP) is 7.13. The van der Waals surface area contributed by atoms with E-state index in [9.17, 15) is 48.4 Å². The van der Waals surface area contributed by atoms with E-state index in [1.54, 1.807) is 13.8 Å². The van der Waals surface area contributed by atoms with Crippen LogP contribution in [0.15, 0.2) is 48.6 Å². The van der Waals surface area contributed by atoms with Gasteiger partial charge in [0.1, 0.15) is 35.6 Å². The molecule has 7 rings (SSSR count). The van der Waals surface area contributed by atoms with Crippen molar-refractivity contribution < 1.29 is 85.8 Å². The maximum atomic E-state index is 12.0. The van der Waals surface area contributed by atoms with Gasteiger partial charge >= 0.3 is 53.7 Å². The van der Waals surface area contributed by atoms with Crippen molar-refractivity contribution in [1.29, 1.82) is 5.26 Å². The Balaban J connectivity index is 0.000000222. The summed E-state index contributed by atoms with van der Waals surface area (Å²) in [5.74, 6) is -6.18. The van der Waals surface area contributed by atoms with E-state index in [1.165, 1.54) is 21.0 Å². The number of hydrogen-bond donors (Lipinski definition) is 0. The number of methoxy groups -OCH3 is 1. The number of hydrogen-bond acceptors (Lipinski definition) is 19. The number of fused-ring (bicyclic) bond motifs is 2. The lowest BCUT2D eigenvalue weighted by atomic mass is 9.75. The minimum atomic E-state index is -1.06. The van der Waals surface area contributed by atoms with Crippen molar-refractivity contribution in [2.75, 3.05) is 20.3 Å². The van der Waals surface area contributed by atoms with Crippen molar-refractivity contribution in [3.8, 4) is 6.07 Å². The number of rotatable bonds is 15. The fraction of sp³-hybridized carbons (Fsp3) is 0.679. The van der Waals surface area contributed by atoms with Crippen molar-refractivity contribution in [3.63, 3.8) is 0 Å². The predicted molar refractivity (Wildman–Crippen MR) is 266 cm³/mol. The fourth-order valence-electron chi connectivity index (χ4n) is 11.2. The molecular formula is C56H77NO18. The third-order valence-corrected chi connectivity index (χ3v) is 16.0. The molecule has 2 heterocycles. The van der Waals surface area contributed by atoms with Crippen molar-refractivity contribution in [1.82, 2.24) is 0 Å². The van der Waals surface area contributed by atoms with Gasteiger partial charge in [-0.3, -0.25) is 14.4 Å². The van der Waals surface area contributed by atoms with Crippen LogP contribution in [0, 0.1) is 69.5 Å². The van der Waals surface area contributed by atoms with Crippen LogP contribution in [0.25, 0.3) is 0 Å². The third kappa shape index (κ3) is 13.0. The van der Waals surface area contributed by atoms with Crippen LogP contribution in [0.3, 0.4) is 0 Å². The molecule has 0 amide bonds. The zero-order valence-electron chi connectivity index (χ0n) is 45.9. The Morgan fingerprint density at radius 3 is 1.64 bits per heavy atom.